The number of amides is 1. The molecule has 0 radical (unpaired) electrons. The molecule has 3 aromatic carbocycles. The number of halogens is 3. The summed E-state index contributed by atoms with van der Waals surface area (Å²) < 4.78 is 38.3. The van der Waals surface area contributed by atoms with Crippen LogP contribution in [0.5, 0.6) is 5.75 Å². The molecule has 6 rings (SSSR count). The number of benzene rings is 3. The molecular formula is C29H27ClF2N2O4. The van der Waals surface area contributed by atoms with E-state index in [4.69, 9.17) is 16.3 Å². The molecular weight excluding hydrogens is 514 g/mol. The normalized spacial score (nSPS) is 25.7. The Morgan fingerprint density at radius 1 is 1.18 bits per heavy atom. The van der Waals surface area contributed by atoms with Gasteiger partial charge in [0.25, 0.3) is 5.91 Å². The van der Waals surface area contributed by atoms with Crippen molar-refractivity contribution in [2.24, 2.45) is 0 Å². The van der Waals surface area contributed by atoms with Gasteiger partial charge in [0.1, 0.15) is 23.5 Å². The zero-order chi connectivity index (χ0) is 26.8. The van der Waals surface area contributed by atoms with Gasteiger partial charge < -0.3 is 25.6 Å². The van der Waals surface area contributed by atoms with E-state index in [2.05, 4.69) is 10.6 Å². The fraction of sp³-hybridized carbons (Fsp3) is 0.345. The van der Waals surface area contributed by atoms with E-state index in [0.29, 0.717) is 11.1 Å². The summed E-state index contributed by atoms with van der Waals surface area (Å²) in [5.74, 6) is -2.09. The number of nitrogens with one attached hydrogen (secondary N) is 2. The third-order valence-electron chi connectivity index (χ3n) is 8.10. The first-order valence-electron chi connectivity index (χ1n) is 12.7. The van der Waals surface area contributed by atoms with E-state index in [9.17, 15) is 15.0 Å². The van der Waals surface area contributed by atoms with Gasteiger partial charge in [-0.25, -0.2) is 8.78 Å². The summed E-state index contributed by atoms with van der Waals surface area (Å²) in [6.45, 7) is 0.807. The minimum Gasteiger partial charge on any atom is -0.480 e. The predicted octanol–water partition coefficient (Wildman–Crippen LogP) is 4.18. The van der Waals surface area contributed by atoms with Crippen LogP contribution in [0.15, 0.2) is 42.5 Å². The molecule has 9 heteroatoms. The van der Waals surface area contributed by atoms with Gasteiger partial charge in [0.05, 0.1) is 22.7 Å². The second-order valence-corrected chi connectivity index (χ2v) is 10.6. The Labute approximate surface area is 223 Å². The second kappa shape index (κ2) is 9.31. The first-order valence-corrected chi connectivity index (χ1v) is 13.1. The molecule has 1 aliphatic carbocycles. The third kappa shape index (κ3) is 3.66. The van der Waals surface area contributed by atoms with E-state index in [1.54, 1.807) is 0 Å². The molecule has 0 spiro atoms. The lowest BCUT2D eigenvalue weighted by molar-refractivity contribution is 0.0309. The first-order chi connectivity index (χ1) is 18.3. The fourth-order valence-corrected chi connectivity index (χ4v) is 6.58. The minimum absolute atomic E-state index is 0.0136. The molecule has 0 unspecified atom stereocenters. The average Bonchev–Trinajstić information content (AvgIpc) is 3.65. The van der Waals surface area contributed by atoms with Crippen LogP contribution in [0.2, 0.25) is 5.02 Å². The number of fused-ring (bicyclic) bond motifs is 2. The van der Waals surface area contributed by atoms with Crippen LogP contribution in [0.4, 0.5) is 8.78 Å². The van der Waals surface area contributed by atoms with E-state index in [0.717, 1.165) is 24.9 Å². The second-order valence-electron chi connectivity index (χ2n) is 10.2. The van der Waals surface area contributed by atoms with Crippen molar-refractivity contribution in [1.82, 2.24) is 10.6 Å². The van der Waals surface area contributed by atoms with E-state index in [1.807, 2.05) is 30.3 Å². The zero-order valence-corrected chi connectivity index (χ0v) is 21.4. The molecule has 4 N–H and O–H groups in total. The number of aliphatic hydroxyl groups excluding tert-OH is 2. The van der Waals surface area contributed by atoms with Crippen LogP contribution >= 0.6 is 11.6 Å². The molecule has 1 saturated heterocycles. The summed E-state index contributed by atoms with van der Waals surface area (Å²) in [4.78, 5) is 13.0. The van der Waals surface area contributed by atoms with Crippen molar-refractivity contribution in [2.75, 3.05) is 13.6 Å². The largest absolute Gasteiger partial charge is 0.480 e. The van der Waals surface area contributed by atoms with Crippen molar-refractivity contribution in [3.05, 3.63) is 86.9 Å². The monoisotopic (exact) mass is 540 g/mol. The van der Waals surface area contributed by atoms with Gasteiger partial charge in [-0.1, -0.05) is 41.9 Å². The van der Waals surface area contributed by atoms with Crippen molar-refractivity contribution in [2.45, 2.75) is 49.5 Å². The molecule has 4 atom stereocenters. The van der Waals surface area contributed by atoms with Crippen LogP contribution in [-0.4, -0.2) is 41.9 Å². The summed E-state index contributed by atoms with van der Waals surface area (Å²) >= 11 is 6.56. The number of hydrogen-bond acceptors (Lipinski definition) is 5. The van der Waals surface area contributed by atoms with Crippen LogP contribution in [0.3, 0.4) is 0 Å². The fourth-order valence-electron chi connectivity index (χ4n) is 6.32. The van der Waals surface area contributed by atoms with Crippen molar-refractivity contribution in [3.63, 3.8) is 0 Å². The maximum absolute atomic E-state index is 16.4. The minimum atomic E-state index is -1.48. The van der Waals surface area contributed by atoms with Gasteiger partial charge in [-0.15, -0.1) is 0 Å². The molecule has 2 heterocycles. The predicted molar refractivity (Wildman–Crippen MR) is 138 cm³/mol. The van der Waals surface area contributed by atoms with E-state index in [1.165, 1.54) is 19.2 Å². The van der Waals surface area contributed by atoms with Crippen LogP contribution in [0.1, 0.15) is 51.6 Å². The number of aliphatic hydroxyl groups is 2. The number of carbonyl (C=O) groups is 1. The van der Waals surface area contributed by atoms with Crippen LogP contribution in [0.25, 0.3) is 11.1 Å². The maximum Gasteiger partial charge on any atom is 0.251 e. The average molecular weight is 541 g/mol. The molecule has 0 aromatic heterocycles. The molecule has 38 heavy (non-hydrogen) atoms. The van der Waals surface area contributed by atoms with E-state index >= 15 is 8.78 Å². The Morgan fingerprint density at radius 2 is 1.95 bits per heavy atom. The standard InChI is InChI=1S/C29H27ClF2N2O4/c1-33-28(37)16-10-14-11-19(35)27(36)22(14)26(32)24(16)23-17-13-29(21-8-5-9-34-21,15-6-3-2-4-7-15)38-20(17)12-18(31)25(23)30/h2-4,6-7,10,12,19,21,27,34-36H,5,8-9,11,13H2,1H3,(H,33,37)/t19-,21+,27-,29+/m1/s1. The van der Waals surface area contributed by atoms with Gasteiger partial charge >= 0.3 is 0 Å². The lowest BCUT2D eigenvalue weighted by Gasteiger charge is -2.35. The smallest absolute Gasteiger partial charge is 0.251 e. The molecule has 2 aliphatic heterocycles. The highest BCUT2D eigenvalue weighted by Gasteiger charge is 2.50. The molecule has 1 amide bonds. The zero-order valence-electron chi connectivity index (χ0n) is 20.7. The molecule has 3 aromatic rings. The van der Waals surface area contributed by atoms with Gasteiger partial charge in [-0.05, 0) is 36.6 Å². The topological polar surface area (TPSA) is 90.8 Å². The Bertz CT molecular complexity index is 1440. The summed E-state index contributed by atoms with van der Waals surface area (Å²) in [7, 11) is 1.41. The SMILES string of the molecule is CNC(=O)c1cc2c(c(F)c1-c1c(Cl)c(F)cc3c1C[C@](c1ccccc1)([C@@H]1CCCN1)O3)[C@H](O)[C@H](O)C2. The highest BCUT2D eigenvalue weighted by molar-refractivity contribution is 6.34. The van der Waals surface area contributed by atoms with Crippen LogP contribution < -0.4 is 15.4 Å². The maximum atomic E-state index is 16.4. The Kier molecular flexibility index (Phi) is 6.18. The number of rotatable bonds is 4. The highest BCUT2D eigenvalue weighted by atomic mass is 35.5. The Hall–Kier alpha value is -3.04. The lowest BCUT2D eigenvalue weighted by Crippen LogP contribution is -2.48. The molecule has 3 aliphatic rings. The van der Waals surface area contributed by atoms with Gasteiger partial charge in [-0.2, -0.15) is 0 Å². The van der Waals surface area contributed by atoms with E-state index in [-0.39, 0.29) is 51.9 Å². The highest BCUT2D eigenvalue weighted by Crippen LogP contribution is 2.53. The van der Waals surface area contributed by atoms with Crippen molar-refractivity contribution in [1.29, 1.82) is 0 Å². The lowest BCUT2D eigenvalue weighted by atomic mass is 9.80. The Morgan fingerprint density at radius 3 is 2.63 bits per heavy atom. The van der Waals surface area contributed by atoms with Gasteiger partial charge in [0, 0.05) is 48.2 Å². The summed E-state index contributed by atoms with van der Waals surface area (Å²) in [6.07, 6.45) is -0.681. The van der Waals surface area contributed by atoms with Gasteiger partial charge in [-0.3, -0.25) is 4.79 Å². The van der Waals surface area contributed by atoms with Crippen LogP contribution in [0, 0.1) is 11.6 Å². The molecule has 1 fully saturated rings. The van der Waals surface area contributed by atoms with Crippen molar-refractivity contribution >= 4 is 17.5 Å². The Balaban J connectivity index is 1.61. The van der Waals surface area contributed by atoms with E-state index < -0.39 is 35.4 Å². The molecule has 0 saturated carbocycles. The first kappa shape index (κ1) is 25.2. The quantitative estimate of drug-likeness (QED) is 0.399. The number of ether oxygens (including phenoxy) is 1. The van der Waals surface area contributed by atoms with Crippen LogP contribution in [-0.2, 0) is 18.4 Å². The van der Waals surface area contributed by atoms with Gasteiger partial charge in [0.15, 0.2) is 5.60 Å². The summed E-state index contributed by atoms with van der Waals surface area (Å²) in [5.41, 5.74) is 0.412. The van der Waals surface area contributed by atoms with Gasteiger partial charge in [0.2, 0.25) is 0 Å². The number of carbonyl (C=O) groups excluding carboxylic acids is 1. The van der Waals surface area contributed by atoms with Crippen molar-refractivity contribution in [3.8, 4) is 16.9 Å². The summed E-state index contributed by atoms with van der Waals surface area (Å²) in [5, 5.41) is 26.5. The molecule has 6 nitrogen and oxygen atoms in total. The number of hydrogen-bond donors (Lipinski definition) is 4. The molecule has 0 bridgehead atoms. The van der Waals surface area contributed by atoms with Crippen molar-refractivity contribution < 1.29 is 28.5 Å². The summed E-state index contributed by atoms with van der Waals surface area (Å²) in [6, 6.07) is 12.2. The molecule has 198 valence electrons. The third-order valence-corrected chi connectivity index (χ3v) is 8.47.